The minimum atomic E-state index is -0.169. The normalized spacial score (nSPS) is 49.0. The van der Waals surface area contributed by atoms with Crippen LogP contribution in [0.2, 0.25) is 0 Å². The molecule has 8 saturated carbocycles. The molecule has 8 aliphatic carbocycles. The van der Waals surface area contributed by atoms with E-state index in [-0.39, 0.29) is 28.5 Å². The van der Waals surface area contributed by atoms with E-state index in [1.807, 2.05) is 0 Å². The van der Waals surface area contributed by atoms with E-state index in [0.717, 1.165) is 35.5 Å². The third-order valence-electron chi connectivity index (χ3n) is 10.3. The number of carbonyl (C=O) groups is 1. The molecule has 4 heteroatoms. The van der Waals surface area contributed by atoms with Crippen molar-refractivity contribution < 1.29 is 4.79 Å². The molecule has 0 aromatic heterocycles. The van der Waals surface area contributed by atoms with E-state index in [9.17, 15) is 10.1 Å². The van der Waals surface area contributed by atoms with Crippen molar-refractivity contribution in [2.75, 3.05) is 0 Å². The third-order valence-corrected chi connectivity index (χ3v) is 10.3. The molecule has 1 amide bonds. The summed E-state index contributed by atoms with van der Waals surface area (Å²) in [5.74, 6) is 5.02. The topological polar surface area (TPSA) is 64.9 Å². The summed E-state index contributed by atoms with van der Waals surface area (Å²) in [5.41, 5.74) is 0.684. The monoisotopic (exact) mass is 407 g/mol. The fourth-order valence-electron chi connectivity index (χ4n) is 9.80. The molecule has 4 nitrogen and oxygen atoms in total. The van der Waals surface area contributed by atoms with Crippen molar-refractivity contribution in [3.63, 3.8) is 0 Å². The van der Waals surface area contributed by atoms with E-state index in [0.29, 0.717) is 0 Å². The van der Waals surface area contributed by atoms with Crippen molar-refractivity contribution in [2.24, 2.45) is 40.9 Å². The van der Waals surface area contributed by atoms with Crippen LogP contribution in [-0.4, -0.2) is 17.5 Å². The SMILES string of the molecule is CC(NC(=O)/C(C#N)=C\NC12CC3CC(CC(C3)C1)C2)C12CC3CC(CC(C3)C1)C2. The van der Waals surface area contributed by atoms with Crippen molar-refractivity contribution in [2.45, 2.75) is 95.6 Å². The summed E-state index contributed by atoms with van der Waals surface area (Å²) in [5, 5.41) is 16.6. The first kappa shape index (κ1) is 19.2. The van der Waals surface area contributed by atoms with Crippen LogP contribution in [0.5, 0.6) is 0 Å². The number of carbonyl (C=O) groups excluding carboxylic acids is 1. The van der Waals surface area contributed by atoms with E-state index in [1.165, 1.54) is 77.0 Å². The Balaban J connectivity index is 1.13. The number of nitriles is 1. The molecule has 8 rings (SSSR count). The van der Waals surface area contributed by atoms with Gasteiger partial charge in [-0.1, -0.05) is 0 Å². The van der Waals surface area contributed by atoms with Gasteiger partial charge < -0.3 is 10.6 Å². The Morgan fingerprint density at radius 1 is 0.867 bits per heavy atom. The highest BCUT2D eigenvalue weighted by Gasteiger charge is 2.54. The highest BCUT2D eigenvalue weighted by molar-refractivity contribution is 5.97. The Labute approximate surface area is 181 Å². The molecule has 8 bridgehead atoms. The second-order valence-electron chi connectivity index (χ2n) is 12.5. The summed E-state index contributed by atoms with van der Waals surface area (Å²) < 4.78 is 0. The maximum absolute atomic E-state index is 13.1. The quantitative estimate of drug-likeness (QED) is 0.514. The summed E-state index contributed by atoms with van der Waals surface area (Å²) in [6.07, 6.45) is 17.7. The van der Waals surface area contributed by atoms with Gasteiger partial charge in [0.1, 0.15) is 11.6 Å². The van der Waals surface area contributed by atoms with E-state index in [1.54, 1.807) is 6.20 Å². The maximum atomic E-state index is 13.1. The Morgan fingerprint density at radius 2 is 1.30 bits per heavy atom. The van der Waals surface area contributed by atoms with Crippen molar-refractivity contribution in [1.82, 2.24) is 10.6 Å². The fourth-order valence-corrected chi connectivity index (χ4v) is 9.80. The molecule has 8 aliphatic rings. The Morgan fingerprint density at radius 3 is 1.73 bits per heavy atom. The van der Waals surface area contributed by atoms with Gasteiger partial charge >= 0.3 is 0 Å². The number of hydrogen-bond acceptors (Lipinski definition) is 3. The smallest absolute Gasteiger partial charge is 0.263 e. The van der Waals surface area contributed by atoms with E-state index in [4.69, 9.17) is 0 Å². The van der Waals surface area contributed by atoms with Crippen LogP contribution in [0.25, 0.3) is 0 Å². The number of hydrogen-bond donors (Lipinski definition) is 2. The van der Waals surface area contributed by atoms with Crippen LogP contribution < -0.4 is 10.6 Å². The number of amides is 1. The second-order valence-corrected chi connectivity index (χ2v) is 12.5. The standard InChI is InChI=1S/C26H37N3O/c1-16(25-8-17-2-18(9-25)4-19(3-17)10-25)29-24(30)23(14-27)15-28-26-11-20-5-21(12-26)7-22(6-20)13-26/h15-22,28H,2-13H2,1H3,(H,29,30)/b23-15-. The molecule has 30 heavy (non-hydrogen) atoms. The Kier molecular flexibility index (Phi) is 4.32. The van der Waals surface area contributed by atoms with E-state index >= 15 is 0 Å². The Hall–Kier alpha value is -1.50. The van der Waals surface area contributed by atoms with Crippen LogP contribution >= 0.6 is 0 Å². The molecule has 1 unspecified atom stereocenters. The molecule has 0 aliphatic heterocycles. The molecule has 0 spiro atoms. The molecule has 0 radical (unpaired) electrons. The van der Waals surface area contributed by atoms with Gasteiger partial charge in [-0.2, -0.15) is 5.26 Å². The van der Waals surface area contributed by atoms with E-state index in [2.05, 4.69) is 23.6 Å². The van der Waals surface area contributed by atoms with Crippen LogP contribution in [0.15, 0.2) is 11.8 Å². The minimum absolute atomic E-state index is 0.142. The molecular weight excluding hydrogens is 370 g/mol. The van der Waals surface area contributed by atoms with Crippen LogP contribution in [0.3, 0.4) is 0 Å². The zero-order chi connectivity index (χ0) is 20.5. The van der Waals surface area contributed by atoms with Crippen LogP contribution in [0.4, 0.5) is 0 Å². The average Bonchev–Trinajstić information content (AvgIpc) is 2.66. The highest BCUT2D eigenvalue weighted by atomic mass is 16.1. The number of nitrogens with zero attached hydrogens (tertiary/aromatic N) is 1. The van der Waals surface area contributed by atoms with Gasteiger partial charge in [0, 0.05) is 17.8 Å². The fraction of sp³-hybridized carbons (Fsp3) is 0.846. The lowest BCUT2D eigenvalue weighted by molar-refractivity contribution is -0.122. The number of nitrogens with one attached hydrogen (secondary N) is 2. The maximum Gasteiger partial charge on any atom is 0.263 e. The van der Waals surface area contributed by atoms with Crippen molar-refractivity contribution in [1.29, 1.82) is 5.26 Å². The van der Waals surface area contributed by atoms with Gasteiger partial charge in [-0.25, -0.2) is 0 Å². The van der Waals surface area contributed by atoms with Crippen LogP contribution in [0.1, 0.15) is 84.0 Å². The largest absolute Gasteiger partial charge is 0.384 e. The lowest BCUT2D eigenvalue weighted by Gasteiger charge is -2.59. The van der Waals surface area contributed by atoms with Gasteiger partial charge in [0.2, 0.25) is 0 Å². The van der Waals surface area contributed by atoms with Gasteiger partial charge in [0.15, 0.2) is 0 Å². The molecule has 0 saturated heterocycles. The van der Waals surface area contributed by atoms with E-state index < -0.39 is 0 Å². The van der Waals surface area contributed by atoms with Crippen molar-refractivity contribution in [3.8, 4) is 6.07 Å². The summed E-state index contributed by atoms with van der Waals surface area (Å²) in [6.45, 7) is 2.20. The molecule has 2 N–H and O–H groups in total. The molecular formula is C26H37N3O. The van der Waals surface area contributed by atoms with Crippen molar-refractivity contribution in [3.05, 3.63) is 11.8 Å². The molecule has 1 atom stereocenters. The first-order valence-corrected chi connectivity index (χ1v) is 12.6. The third kappa shape index (κ3) is 3.10. The lowest BCUT2D eigenvalue weighted by Crippen LogP contribution is -2.57. The molecule has 0 aromatic carbocycles. The van der Waals surface area contributed by atoms with Gasteiger partial charge in [-0.3, -0.25) is 4.79 Å². The minimum Gasteiger partial charge on any atom is -0.384 e. The summed E-state index contributed by atoms with van der Waals surface area (Å²) >= 11 is 0. The molecule has 162 valence electrons. The molecule has 8 fully saturated rings. The lowest BCUT2D eigenvalue weighted by atomic mass is 9.48. The average molecular weight is 408 g/mol. The highest BCUT2D eigenvalue weighted by Crippen LogP contribution is 2.61. The predicted molar refractivity (Wildman–Crippen MR) is 116 cm³/mol. The predicted octanol–water partition coefficient (Wildman–Crippen LogP) is 4.67. The zero-order valence-corrected chi connectivity index (χ0v) is 18.5. The van der Waals surface area contributed by atoms with Gasteiger partial charge in [0.05, 0.1) is 0 Å². The molecule has 0 aromatic rings. The van der Waals surface area contributed by atoms with Gasteiger partial charge in [-0.05, 0) is 125 Å². The zero-order valence-electron chi connectivity index (χ0n) is 18.5. The second kappa shape index (κ2) is 6.75. The first-order valence-electron chi connectivity index (χ1n) is 12.6. The molecule has 0 heterocycles. The van der Waals surface area contributed by atoms with Crippen LogP contribution in [0, 0.1) is 52.3 Å². The summed E-state index contributed by atoms with van der Waals surface area (Å²) in [7, 11) is 0. The summed E-state index contributed by atoms with van der Waals surface area (Å²) in [4.78, 5) is 13.1. The van der Waals surface area contributed by atoms with Crippen LogP contribution in [-0.2, 0) is 4.79 Å². The number of rotatable bonds is 5. The van der Waals surface area contributed by atoms with Gasteiger partial charge in [0.25, 0.3) is 5.91 Å². The Bertz CT molecular complexity index is 735. The summed E-state index contributed by atoms with van der Waals surface area (Å²) in [6, 6.07) is 2.36. The van der Waals surface area contributed by atoms with Crippen molar-refractivity contribution >= 4 is 5.91 Å². The first-order chi connectivity index (χ1) is 14.4. The van der Waals surface area contributed by atoms with Gasteiger partial charge in [-0.15, -0.1) is 0 Å².